The Kier molecular flexibility index (Phi) is 12.8. The smallest absolute Gasteiger partial charge is 0.0109 e. The fourth-order valence-electron chi connectivity index (χ4n) is 2.27. The lowest BCUT2D eigenvalue weighted by Crippen LogP contribution is -2.35. The predicted octanol–water partition coefficient (Wildman–Crippen LogP) is 2.68. The van der Waals surface area contributed by atoms with Gasteiger partial charge in [0.1, 0.15) is 0 Å². The molecule has 0 rings (SSSR count). The maximum absolute atomic E-state index is 3.39. The third-order valence-corrected chi connectivity index (χ3v) is 3.31. The predicted molar refractivity (Wildman–Crippen MR) is 86.8 cm³/mol. The minimum absolute atomic E-state index is 0.774. The summed E-state index contributed by atoms with van der Waals surface area (Å²) in [6.07, 6.45) is 5.43. The largest absolute Gasteiger partial charge is 0.317 e. The molecule has 0 unspecified atom stereocenters. The van der Waals surface area contributed by atoms with E-state index in [1.54, 1.807) is 0 Å². The number of likely N-dealkylation sites (N-methyl/N-ethyl adjacent to an activating group) is 1. The van der Waals surface area contributed by atoms with Crippen LogP contribution in [-0.4, -0.2) is 63.2 Å². The SMILES string of the molecule is CCNCCCCCCN(CCN(C)C)CC(C)C. The van der Waals surface area contributed by atoms with Crippen LogP contribution in [0.25, 0.3) is 0 Å². The number of rotatable bonds is 13. The zero-order chi connectivity index (χ0) is 14.5. The van der Waals surface area contributed by atoms with Crippen molar-refractivity contribution in [3.63, 3.8) is 0 Å². The molecule has 0 fully saturated rings. The van der Waals surface area contributed by atoms with Crippen LogP contribution in [0.1, 0.15) is 46.5 Å². The highest BCUT2D eigenvalue weighted by Gasteiger charge is 2.07. The van der Waals surface area contributed by atoms with Gasteiger partial charge >= 0.3 is 0 Å². The quantitative estimate of drug-likeness (QED) is 0.520. The maximum atomic E-state index is 3.39. The number of hydrogen-bond donors (Lipinski definition) is 1. The fraction of sp³-hybridized carbons (Fsp3) is 1.00. The third-order valence-electron chi connectivity index (χ3n) is 3.31. The normalized spacial score (nSPS) is 12.0. The van der Waals surface area contributed by atoms with Gasteiger partial charge in [-0.05, 0) is 52.5 Å². The summed E-state index contributed by atoms with van der Waals surface area (Å²) in [6, 6.07) is 0. The summed E-state index contributed by atoms with van der Waals surface area (Å²) in [5.41, 5.74) is 0. The second-order valence-electron chi connectivity index (χ2n) is 6.27. The number of nitrogens with one attached hydrogen (secondary N) is 1. The number of hydrogen-bond acceptors (Lipinski definition) is 3. The van der Waals surface area contributed by atoms with Gasteiger partial charge < -0.3 is 15.1 Å². The second-order valence-corrected chi connectivity index (χ2v) is 6.27. The molecule has 3 nitrogen and oxygen atoms in total. The minimum atomic E-state index is 0.774. The van der Waals surface area contributed by atoms with Crippen molar-refractivity contribution in [3.8, 4) is 0 Å². The zero-order valence-corrected chi connectivity index (χ0v) is 14.0. The molecule has 0 atom stereocenters. The molecule has 0 radical (unpaired) electrons. The molecule has 0 aliphatic rings. The van der Waals surface area contributed by atoms with Gasteiger partial charge in [-0.15, -0.1) is 0 Å². The zero-order valence-electron chi connectivity index (χ0n) is 14.0. The summed E-state index contributed by atoms with van der Waals surface area (Å²) >= 11 is 0. The van der Waals surface area contributed by atoms with Gasteiger partial charge in [0.15, 0.2) is 0 Å². The molecule has 0 saturated heterocycles. The Bertz CT molecular complexity index is 181. The van der Waals surface area contributed by atoms with E-state index in [0.29, 0.717) is 0 Å². The van der Waals surface area contributed by atoms with Gasteiger partial charge in [-0.2, -0.15) is 0 Å². The van der Waals surface area contributed by atoms with Crippen molar-refractivity contribution < 1.29 is 0 Å². The average molecular weight is 271 g/mol. The van der Waals surface area contributed by atoms with Crippen LogP contribution in [0.3, 0.4) is 0 Å². The number of nitrogens with zero attached hydrogens (tertiary/aromatic N) is 2. The van der Waals surface area contributed by atoms with Crippen LogP contribution in [0.4, 0.5) is 0 Å². The molecule has 0 saturated carbocycles. The monoisotopic (exact) mass is 271 g/mol. The van der Waals surface area contributed by atoms with E-state index in [-0.39, 0.29) is 0 Å². The third kappa shape index (κ3) is 14.1. The lowest BCUT2D eigenvalue weighted by atomic mass is 10.1. The van der Waals surface area contributed by atoms with Gasteiger partial charge in [0.05, 0.1) is 0 Å². The van der Waals surface area contributed by atoms with Crippen LogP contribution >= 0.6 is 0 Å². The molecule has 0 aliphatic carbocycles. The van der Waals surface area contributed by atoms with Crippen LogP contribution in [0.5, 0.6) is 0 Å². The van der Waals surface area contributed by atoms with Crippen molar-refractivity contribution in [2.45, 2.75) is 46.5 Å². The maximum Gasteiger partial charge on any atom is 0.0109 e. The van der Waals surface area contributed by atoms with Gasteiger partial charge in [0.25, 0.3) is 0 Å². The molecular formula is C16H37N3. The van der Waals surface area contributed by atoms with Crippen LogP contribution in [-0.2, 0) is 0 Å². The van der Waals surface area contributed by atoms with E-state index in [2.05, 4.69) is 50.0 Å². The standard InChI is InChI=1S/C16H37N3/c1-6-17-11-9-7-8-10-12-19(15-16(2)3)14-13-18(4)5/h16-17H,6-15H2,1-5H3. The van der Waals surface area contributed by atoms with Crippen LogP contribution in [0.15, 0.2) is 0 Å². The molecule has 0 spiro atoms. The van der Waals surface area contributed by atoms with Crippen LogP contribution < -0.4 is 5.32 Å². The van der Waals surface area contributed by atoms with E-state index in [1.807, 2.05) is 0 Å². The van der Waals surface area contributed by atoms with Crippen molar-refractivity contribution in [1.82, 2.24) is 15.1 Å². The molecule has 0 aliphatic heterocycles. The summed E-state index contributed by atoms with van der Waals surface area (Å²) < 4.78 is 0. The Hall–Kier alpha value is -0.120. The minimum Gasteiger partial charge on any atom is -0.317 e. The first-order valence-electron chi connectivity index (χ1n) is 8.14. The Morgan fingerprint density at radius 1 is 0.895 bits per heavy atom. The lowest BCUT2D eigenvalue weighted by Gasteiger charge is -2.25. The van der Waals surface area contributed by atoms with Crippen molar-refractivity contribution in [3.05, 3.63) is 0 Å². The summed E-state index contributed by atoms with van der Waals surface area (Å²) in [5, 5.41) is 3.39. The van der Waals surface area contributed by atoms with Gasteiger partial charge in [0, 0.05) is 19.6 Å². The Balaban J connectivity index is 3.61. The summed E-state index contributed by atoms with van der Waals surface area (Å²) in [5.74, 6) is 0.774. The van der Waals surface area contributed by atoms with Crippen molar-refractivity contribution in [2.24, 2.45) is 5.92 Å². The van der Waals surface area contributed by atoms with Crippen LogP contribution in [0.2, 0.25) is 0 Å². The van der Waals surface area contributed by atoms with E-state index < -0.39 is 0 Å². The molecule has 116 valence electrons. The van der Waals surface area contributed by atoms with Crippen molar-refractivity contribution >= 4 is 0 Å². The van der Waals surface area contributed by atoms with Crippen molar-refractivity contribution in [1.29, 1.82) is 0 Å². The second kappa shape index (κ2) is 12.9. The van der Waals surface area contributed by atoms with Crippen molar-refractivity contribution in [2.75, 3.05) is 53.4 Å². The highest BCUT2D eigenvalue weighted by atomic mass is 15.2. The Morgan fingerprint density at radius 3 is 2.16 bits per heavy atom. The molecule has 0 amide bonds. The Labute approximate surface area is 121 Å². The first kappa shape index (κ1) is 18.9. The first-order valence-corrected chi connectivity index (χ1v) is 8.14. The molecule has 0 aromatic carbocycles. The highest BCUT2D eigenvalue weighted by molar-refractivity contribution is 4.62. The summed E-state index contributed by atoms with van der Waals surface area (Å²) in [4.78, 5) is 4.92. The molecule has 0 heterocycles. The van der Waals surface area contributed by atoms with Crippen LogP contribution in [0, 0.1) is 5.92 Å². The van der Waals surface area contributed by atoms with E-state index in [9.17, 15) is 0 Å². The van der Waals surface area contributed by atoms with E-state index in [4.69, 9.17) is 0 Å². The fourth-order valence-corrected chi connectivity index (χ4v) is 2.27. The summed E-state index contributed by atoms with van der Waals surface area (Å²) in [7, 11) is 4.32. The van der Waals surface area contributed by atoms with Gasteiger partial charge in [-0.1, -0.05) is 33.6 Å². The molecule has 1 N–H and O–H groups in total. The first-order chi connectivity index (χ1) is 9.06. The van der Waals surface area contributed by atoms with E-state index >= 15 is 0 Å². The van der Waals surface area contributed by atoms with E-state index in [1.165, 1.54) is 58.4 Å². The molecule has 0 aromatic rings. The average Bonchev–Trinajstić information content (AvgIpc) is 2.33. The van der Waals surface area contributed by atoms with E-state index in [0.717, 1.165) is 12.5 Å². The topological polar surface area (TPSA) is 18.5 Å². The van der Waals surface area contributed by atoms with Gasteiger partial charge in [0.2, 0.25) is 0 Å². The summed E-state index contributed by atoms with van der Waals surface area (Å²) in [6.45, 7) is 14.0. The molecular weight excluding hydrogens is 234 g/mol. The molecule has 19 heavy (non-hydrogen) atoms. The number of unbranched alkanes of at least 4 members (excludes halogenated alkanes) is 3. The molecule has 3 heteroatoms. The lowest BCUT2D eigenvalue weighted by molar-refractivity contribution is 0.215. The van der Waals surface area contributed by atoms with Gasteiger partial charge in [-0.25, -0.2) is 0 Å². The Morgan fingerprint density at radius 2 is 1.58 bits per heavy atom. The van der Waals surface area contributed by atoms with Gasteiger partial charge in [-0.3, -0.25) is 0 Å². The molecule has 0 aromatic heterocycles. The molecule has 0 bridgehead atoms. The highest BCUT2D eigenvalue weighted by Crippen LogP contribution is 2.04.